The van der Waals surface area contributed by atoms with E-state index in [9.17, 15) is 13.2 Å². The standard InChI is InChI=1S/C25H24N2O3S2/c1-17(2)32(29,30)21-13-8-12-20(15-21)24(28)27(16-19-10-5-4-6-11-19)25-26-23-18(3)9-7-14-22(23)31-25/h4-15,17H,16H2,1-3H3. The van der Waals surface area contributed by atoms with E-state index in [0.717, 1.165) is 21.3 Å². The second-order valence-electron chi connectivity index (χ2n) is 7.92. The highest BCUT2D eigenvalue weighted by molar-refractivity contribution is 7.92. The maximum atomic E-state index is 13.7. The molecule has 0 spiro atoms. The quantitative estimate of drug-likeness (QED) is 0.371. The van der Waals surface area contributed by atoms with Gasteiger partial charge in [0.05, 0.1) is 26.9 Å². The van der Waals surface area contributed by atoms with Gasteiger partial charge in [-0.3, -0.25) is 9.69 Å². The lowest BCUT2D eigenvalue weighted by atomic mass is 10.1. The van der Waals surface area contributed by atoms with E-state index in [0.29, 0.717) is 17.2 Å². The highest BCUT2D eigenvalue weighted by Gasteiger charge is 2.25. The maximum absolute atomic E-state index is 13.7. The van der Waals surface area contributed by atoms with Gasteiger partial charge < -0.3 is 0 Å². The minimum absolute atomic E-state index is 0.151. The zero-order valence-electron chi connectivity index (χ0n) is 18.1. The predicted octanol–water partition coefficient (Wildman–Crippen LogP) is 5.63. The topological polar surface area (TPSA) is 67.3 Å². The summed E-state index contributed by atoms with van der Waals surface area (Å²) in [6.45, 7) is 5.60. The summed E-state index contributed by atoms with van der Waals surface area (Å²) in [6, 6.07) is 21.9. The number of aromatic nitrogens is 1. The first kappa shape index (κ1) is 22.2. The minimum atomic E-state index is -3.49. The molecule has 0 bridgehead atoms. The minimum Gasteiger partial charge on any atom is -0.279 e. The summed E-state index contributed by atoms with van der Waals surface area (Å²) in [5.74, 6) is -0.286. The van der Waals surface area contributed by atoms with Crippen molar-refractivity contribution in [1.29, 1.82) is 0 Å². The fourth-order valence-corrected chi connectivity index (χ4v) is 5.56. The van der Waals surface area contributed by atoms with Gasteiger partial charge in [-0.05, 0) is 56.2 Å². The third-order valence-electron chi connectivity index (χ3n) is 5.30. The number of para-hydroxylation sites is 1. The number of anilines is 1. The van der Waals surface area contributed by atoms with Crippen molar-refractivity contribution in [2.75, 3.05) is 4.90 Å². The van der Waals surface area contributed by atoms with Crippen LogP contribution < -0.4 is 4.90 Å². The van der Waals surface area contributed by atoms with E-state index >= 15 is 0 Å². The van der Waals surface area contributed by atoms with Crippen LogP contribution in [0.1, 0.15) is 35.3 Å². The summed E-state index contributed by atoms with van der Waals surface area (Å²) in [5.41, 5.74) is 3.19. The Kier molecular flexibility index (Phi) is 6.13. The number of fused-ring (bicyclic) bond motifs is 1. The number of benzene rings is 3. The summed E-state index contributed by atoms with van der Waals surface area (Å²) >= 11 is 1.45. The van der Waals surface area contributed by atoms with Crippen molar-refractivity contribution in [2.45, 2.75) is 37.5 Å². The first-order valence-electron chi connectivity index (χ1n) is 10.3. The highest BCUT2D eigenvalue weighted by Crippen LogP contribution is 2.32. The van der Waals surface area contributed by atoms with Gasteiger partial charge >= 0.3 is 0 Å². The molecule has 0 aliphatic heterocycles. The summed E-state index contributed by atoms with van der Waals surface area (Å²) < 4.78 is 26.3. The molecule has 1 heterocycles. The Hall–Kier alpha value is -3.03. The number of sulfone groups is 1. The van der Waals surface area contributed by atoms with Gasteiger partial charge in [-0.15, -0.1) is 0 Å². The van der Waals surface area contributed by atoms with Crippen molar-refractivity contribution >= 4 is 42.4 Å². The van der Waals surface area contributed by atoms with Gasteiger partial charge in [0.1, 0.15) is 0 Å². The Morgan fingerprint density at radius 1 is 1.00 bits per heavy atom. The molecule has 164 valence electrons. The molecule has 0 fully saturated rings. The van der Waals surface area contributed by atoms with Crippen LogP contribution in [-0.4, -0.2) is 24.6 Å². The Bertz CT molecular complexity index is 1380. The molecule has 0 aliphatic rings. The van der Waals surface area contributed by atoms with Crippen LogP contribution in [0.25, 0.3) is 10.2 Å². The molecule has 32 heavy (non-hydrogen) atoms. The molecular formula is C25H24N2O3S2. The number of carbonyl (C=O) groups is 1. The number of amides is 1. The number of hydrogen-bond donors (Lipinski definition) is 0. The monoisotopic (exact) mass is 464 g/mol. The zero-order chi connectivity index (χ0) is 22.9. The molecule has 0 N–H and O–H groups in total. The first-order valence-corrected chi connectivity index (χ1v) is 12.7. The first-order chi connectivity index (χ1) is 15.3. The van der Waals surface area contributed by atoms with Crippen LogP contribution in [-0.2, 0) is 16.4 Å². The van der Waals surface area contributed by atoms with Crippen LogP contribution in [0.4, 0.5) is 5.13 Å². The van der Waals surface area contributed by atoms with Crippen molar-refractivity contribution in [2.24, 2.45) is 0 Å². The van der Waals surface area contributed by atoms with Crippen molar-refractivity contribution < 1.29 is 13.2 Å². The van der Waals surface area contributed by atoms with Crippen LogP contribution in [0.15, 0.2) is 77.7 Å². The van der Waals surface area contributed by atoms with Gasteiger partial charge in [0.2, 0.25) is 0 Å². The fraction of sp³-hybridized carbons (Fsp3) is 0.200. The second kappa shape index (κ2) is 8.84. The van der Waals surface area contributed by atoms with E-state index in [1.807, 2.05) is 55.5 Å². The van der Waals surface area contributed by atoms with Crippen LogP contribution >= 0.6 is 11.3 Å². The molecule has 7 heteroatoms. The van der Waals surface area contributed by atoms with E-state index in [1.165, 1.54) is 23.5 Å². The number of nitrogens with zero attached hydrogens (tertiary/aromatic N) is 2. The Morgan fingerprint density at radius 3 is 2.41 bits per heavy atom. The molecule has 0 saturated heterocycles. The lowest BCUT2D eigenvalue weighted by molar-refractivity contribution is 0.0985. The SMILES string of the molecule is Cc1cccc2sc(N(Cc3ccccc3)C(=O)c3cccc(S(=O)(=O)C(C)C)c3)nc12. The van der Waals surface area contributed by atoms with E-state index < -0.39 is 15.1 Å². The average molecular weight is 465 g/mol. The van der Waals surface area contributed by atoms with Crippen LogP contribution in [0, 0.1) is 6.92 Å². The lowest BCUT2D eigenvalue weighted by Crippen LogP contribution is -2.30. The molecule has 1 aromatic heterocycles. The number of hydrogen-bond acceptors (Lipinski definition) is 5. The molecule has 4 rings (SSSR count). The van der Waals surface area contributed by atoms with Crippen molar-refractivity contribution in [3.8, 4) is 0 Å². The molecule has 0 atom stereocenters. The van der Waals surface area contributed by atoms with E-state index in [4.69, 9.17) is 4.98 Å². The molecule has 4 aromatic rings. The van der Waals surface area contributed by atoms with Crippen LogP contribution in [0.5, 0.6) is 0 Å². The van der Waals surface area contributed by atoms with Gasteiger partial charge in [0.25, 0.3) is 5.91 Å². The van der Waals surface area contributed by atoms with E-state index in [2.05, 4.69) is 0 Å². The van der Waals surface area contributed by atoms with Gasteiger partial charge in [-0.2, -0.15) is 0 Å². The van der Waals surface area contributed by atoms with E-state index in [1.54, 1.807) is 30.9 Å². The largest absolute Gasteiger partial charge is 0.279 e. The summed E-state index contributed by atoms with van der Waals surface area (Å²) in [5, 5.41) is 0.0146. The summed E-state index contributed by atoms with van der Waals surface area (Å²) in [7, 11) is -3.49. The van der Waals surface area contributed by atoms with Gasteiger partial charge in [-0.25, -0.2) is 13.4 Å². The van der Waals surface area contributed by atoms with Gasteiger partial charge in [0, 0.05) is 5.56 Å². The smallest absolute Gasteiger partial charge is 0.260 e. The van der Waals surface area contributed by atoms with Gasteiger partial charge in [-0.1, -0.05) is 59.9 Å². The van der Waals surface area contributed by atoms with Crippen molar-refractivity contribution in [1.82, 2.24) is 4.98 Å². The van der Waals surface area contributed by atoms with Crippen LogP contribution in [0.3, 0.4) is 0 Å². The molecule has 3 aromatic carbocycles. The molecule has 0 unspecified atom stereocenters. The number of aryl methyl sites for hydroxylation is 1. The predicted molar refractivity (Wildman–Crippen MR) is 130 cm³/mol. The molecular weight excluding hydrogens is 440 g/mol. The third kappa shape index (κ3) is 4.31. The number of thiazole rings is 1. The summed E-state index contributed by atoms with van der Waals surface area (Å²) in [4.78, 5) is 20.2. The number of carbonyl (C=O) groups excluding carboxylic acids is 1. The molecule has 0 radical (unpaired) electrons. The number of rotatable bonds is 6. The summed E-state index contributed by atoms with van der Waals surface area (Å²) in [6.07, 6.45) is 0. The van der Waals surface area contributed by atoms with Crippen molar-refractivity contribution in [3.63, 3.8) is 0 Å². The molecule has 0 saturated carbocycles. The highest BCUT2D eigenvalue weighted by atomic mass is 32.2. The van der Waals surface area contributed by atoms with Crippen molar-refractivity contribution in [3.05, 3.63) is 89.5 Å². The fourth-order valence-electron chi connectivity index (χ4n) is 3.42. The second-order valence-corrected chi connectivity index (χ2v) is 11.4. The zero-order valence-corrected chi connectivity index (χ0v) is 19.8. The molecule has 1 amide bonds. The lowest BCUT2D eigenvalue weighted by Gasteiger charge is -2.20. The maximum Gasteiger partial charge on any atom is 0.260 e. The average Bonchev–Trinajstić information content (AvgIpc) is 3.23. The normalized spacial score (nSPS) is 11.8. The molecule has 5 nitrogen and oxygen atoms in total. The Balaban J connectivity index is 1.79. The molecule has 0 aliphatic carbocycles. The van der Waals surface area contributed by atoms with E-state index in [-0.39, 0.29) is 10.8 Å². The Labute approximate surface area is 192 Å². The van der Waals surface area contributed by atoms with Crippen LogP contribution in [0.2, 0.25) is 0 Å². The Morgan fingerprint density at radius 2 is 1.72 bits per heavy atom. The van der Waals surface area contributed by atoms with Gasteiger partial charge in [0.15, 0.2) is 15.0 Å². The third-order valence-corrected chi connectivity index (χ3v) is 8.49.